The highest BCUT2D eigenvalue weighted by atomic mass is 32.2. The normalized spacial score (nSPS) is 17.0. The van der Waals surface area contributed by atoms with Crippen LogP contribution in [0.4, 0.5) is 4.39 Å². The number of amides is 2. The fraction of sp³-hybridized carbons (Fsp3) is 0.467. The van der Waals surface area contributed by atoms with Crippen LogP contribution in [-0.2, 0) is 19.4 Å². The number of piperazine rings is 1. The van der Waals surface area contributed by atoms with Crippen LogP contribution in [0, 0.1) is 5.82 Å². The Morgan fingerprint density at radius 2 is 1.52 bits per heavy atom. The van der Waals surface area contributed by atoms with Gasteiger partial charge in [0.15, 0.2) is 9.84 Å². The molecule has 0 saturated carbocycles. The maximum Gasteiger partial charge on any atom is 0.241 e. The molecule has 2 rings (SSSR count). The lowest BCUT2D eigenvalue weighted by molar-refractivity contribution is -0.137. The molecule has 0 aromatic heterocycles. The van der Waals surface area contributed by atoms with Crippen LogP contribution in [0.5, 0.6) is 0 Å². The van der Waals surface area contributed by atoms with Crippen molar-refractivity contribution in [2.45, 2.75) is 24.0 Å². The summed E-state index contributed by atoms with van der Waals surface area (Å²) >= 11 is 0. The second-order valence-electron chi connectivity index (χ2n) is 5.47. The minimum absolute atomic E-state index is 0.0657. The van der Waals surface area contributed by atoms with E-state index in [9.17, 15) is 22.4 Å². The van der Waals surface area contributed by atoms with E-state index in [-0.39, 0.29) is 10.8 Å². The lowest BCUT2D eigenvalue weighted by atomic mass is 10.3. The van der Waals surface area contributed by atoms with Crippen molar-refractivity contribution in [2.75, 3.05) is 26.2 Å². The molecule has 0 spiro atoms. The first-order valence-electron chi connectivity index (χ1n) is 7.27. The van der Waals surface area contributed by atoms with Crippen LogP contribution in [0.2, 0.25) is 0 Å². The van der Waals surface area contributed by atoms with Crippen molar-refractivity contribution in [3.05, 3.63) is 30.1 Å². The average molecular weight is 342 g/mol. The molecule has 0 radical (unpaired) electrons. The van der Waals surface area contributed by atoms with E-state index in [1.165, 1.54) is 18.7 Å². The van der Waals surface area contributed by atoms with Gasteiger partial charge in [-0.3, -0.25) is 9.59 Å². The van der Waals surface area contributed by atoms with Crippen molar-refractivity contribution in [3.8, 4) is 0 Å². The van der Waals surface area contributed by atoms with Gasteiger partial charge in [0.25, 0.3) is 0 Å². The van der Waals surface area contributed by atoms with E-state index < -0.39 is 26.8 Å². The Hall–Kier alpha value is -1.96. The van der Waals surface area contributed by atoms with Crippen LogP contribution >= 0.6 is 0 Å². The van der Waals surface area contributed by atoms with E-state index in [4.69, 9.17) is 0 Å². The maximum atomic E-state index is 12.9. The van der Waals surface area contributed by atoms with Crippen LogP contribution in [0.1, 0.15) is 13.8 Å². The van der Waals surface area contributed by atoms with E-state index in [1.54, 1.807) is 4.90 Å². The van der Waals surface area contributed by atoms with Crippen LogP contribution < -0.4 is 0 Å². The molecule has 1 heterocycles. The topological polar surface area (TPSA) is 74.8 Å². The number of carbonyl (C=O) groups is 2. The summed E-state index contributed by atoms with van der Waals surface area (Å²) < 4.78 is 37.9. The first-order valence-corrected chi connectivity index (χ1v) is 8.82. The summed E-state index contributed by atoms with van der Waals surface area (Å²) in [5.74, 6) is -1.11. The zero-order valence-electron chi connectivity index (χ0n) is 13.0. The Morgan fingerprint density at radius 3 is 2.00 bits per heavy atom. The molecule has 2 amide bonds. The molecule has 0 N–H and O–H groups in total. The molecule has 0 unspecified atom stereocenters. The molecule has 1 aliphatic heterocycles. The van der Waals surface area contributed by atoms with Crippen LogP contribution in [0.15, 0.2) is 29.2 Å². The highest BCUT2D eigenvalue weighted by Gasteiger charge is 2.34. The Labute approximate surface area is 134 Å². The Balaban J connectivity index is 2.10. The molecular weight excluding hydrogens is 323 g/mol. The van der Waals surface area contributed by atoms with Gasteiger partial charge in [0.1, 0.15) is 11.1 Å². The Bertz CT molecular complexity index is 695. The van der Waals surface area contributed by atoms with Crippen LogP contribution in [0.3, 0.4) is 0 Å². The van der Waals surface area contributed by atoms with Gasteiger partial charge in [0.05, 0.1) is 4.90 Å². The molecule has 0 aliphatic carbocycles. The molecule has 1 fully saturated rings. The first kappa shape index (κ1) is 17.4. The first-order chi connectivity index (χ1) is 10.7. The molecule has 6 nitrogen and oxygen atoms in total. The third kappa shape index (κ3) is 3.69. The lowest BCUT2D eigenvalue weighted by Crippen LogP contribution is -2.53. The largest absolute Gasteiger partial charge is 0.339 e. The summed E-state index contributed by atoms with van der Waals surface area (Å²) in [6, 6.07) is 4.41. The van der Waals surface area contributed by atoms with Crippen LogP contribution in [0.25, 0.3) is 0 Å². The number of carbonyl (C=O) groups excluding carboxylic acids is 2. The highest BCUT2D eigenvalue weighted by Crippen LogP contribution is 2.19. The minimum atomic E-state index is -3.87. The Kier molecular flexibility index (Phi) is 5.03. The molecule has 1 saturated heterocycles. The third-order valence-corrected chi connectivity index (χ3v) is 6.05. The number of hydrogen-bond donors (Lipinski definition) is 0. The molecule has 1 aromatic rings. The van der Waals surface area contributed by atoms with Crippen molar-refractivity contribution < 1.29 is 22.4 Å². The average Bonchev–Trinajstić information content (AvgIpc) is 2.54. The second kappa shape index (κ2) is 6.66. The summed E-state index contributed by atoms with van der Waals surface area (Å²) in [6.07, 6.45) is 0. The van der Waals surface area contributed by atoms with Gasteiger partial charge in [0, 0.05) is 33.1 Å². The van der Waals surface area contributed by atoms with E-state index >= 15 is 0 Å². The number of nitrogens with zero attached hydrogens (tertiary/aromatic N) is 2. The monoisotopic (exact) mass is 342 g/mol. The smallest absolute Gasteiger partial charge is 0.241 e. The third-order valence-electron chi connectivity index (χ3n) is 3.99. The molecule has 1 aliphatic rings. The maximum absolute atomic E-state index is 12.9. The van der Waals surface area contributed by atoms with Gasteiger partial charge >= 0.3 is 0 Å². The van der Waals surface area contributed by atoms with E-state index in [2.05, 4.69) is 0 Å². The van der Waals surface area contributed by atoms with Gasteiger partial charge in [-0.15, -0.1) is 0 Å². The van der Waals surface area contributed by atoms with Crippen molar-refractivity contribution in [3.63, 3.8) is 0 Å². The van der Waals surface area contributed by atoms with E-state index in [1.807, 2.05) is 0 Å². The quantitative estimate of drug-likeness (QED) is 0.757. The molecule has 23 heavy (non-hydrogen) atoms. The zero-order chi connectivity index (χ0) is 17.2. The number of hydrogen-bond acceptors (Lipinski definition) is 4. The minimum Gasteiger partial charge on any atom is -0.339 e. The SMILES string of the molecule is CC(=O)N1CCN(C(=O)[C@H](C)S(=O)(=O)c2ccc(F)cc2)CC1. The second-order valence-corrected chi connectivity index (χ2v) is 7.74. The van der Waals surface area contributed by atoms with Crippen molar-refractivity contribution in [1.82, 2.24) is 9.80 Å². The predicted octanol–water partition coefficient (Wildman–Crippen LogP) is 0.679. The summed E-state index contributed by atoms with van der Waals surface area (Å²) in [7, 11) is -3.87. The van der Waals surface area contributed by atoms with Crippen LogP contribution in [-0.4, -0.2) is 61.5 Å². The summed E-state index contributed by atoms with van der Waals surface area (Å²) in [4.78, 5) is 26.7. The van der Waals surface area contributed by atoms with Gasteiger partial charge in [0.2, 0.25) is 11.8 Å². The van der Waals surface area contributed by atoms with Gasteiger partial charge in [-0.25, -0.2) is 12.8 Å². The van der Waals surface area contributed by atoms with Gasteiger partial charge < -0.3 is 9.80 Å². The standard InChI is InChI=1S/C15H19FN2O4S/c1-11(23(21,22)14-5-3-13(16)4-6-14)15(20)18-9-7-17(8-10-18)12(2)19/h3-6,11H,7-10H2,1-2H3/t11-/m0/s1. The number of rotatable bonds is 3. The zero-order valence-corrected chi connectivity index (χ0v) is 13.8. The van der Waals surface area contributed by atoms with Gasteiger partial charge in [-0.1, -0.05) is 0 Å². The fourth-order valence-corrected chi connectivity index (χ4v) is 3.80. The van der Waals surface area contributed by atoms with Gasteiger partial charge in [-0.2, -0.15) is 0 Å². The predicted molar refractivity (Wildman–Crippen MR) is 81.9 cm³/mol. The molecule has 1 aromatic carbocycles. The summed E-state index contributed by atoms with van der Waals surface area (Å²) in [5.41, 5.74) is 0. The van der Waals surface area contributed by atoms with E-state index in [0.29, 0.717) is 26.2 Å². The molecule has 8 heteroatoms. The molecular formula is C15H19FN2O4S. The lowest BCUT2D eigenvalue weighted by Gasteiger charge is -2.35. The highest BCUT2D eigenvalue weighted by molar-refractivity contribution is 7.92. The van der Waals surface area contributed by atoms with Crippen molar-refractivity contribution in [1.29, 1.82) is 0 Å². The summed E-state index contributed by atoms with van der Waals surface area (Å²) in [6.45, 7) is 4.19. The van der Waals surface area contributed by atoms with E-state index in [0.717, 1.165) is 24.3 Å². The molecule has 1 atom stereocenters. The number of sulfone groups is 1. The number of halogens is 1. The van der Waals surface area contributed by atoms with Gasteiger partial charge in [-0.05, 0) is 31.2 Å². The number of benzene rings is 1. The van der Waals surface area contributed by atoms with Crippen molar-refractivity contribution in [2.24, 2.45) is 0 Å². The molecule has 0 bridgehead atoms. The van der Waals surface area contributed by atoms with Crippen molar-refractivity contribution >= 4 is 21.7 Å². The summed E-state index contributed by atoms with van der Waals surface area (Å²) in [5, 5.41) is -1.25. The fourth-order valence-electron chi connectivity index (χ4n) is 2.46. The Morgan fingerprint density at radius 1 is 1.04 bits per heavy atom. The molecule has 126 valence electrons.